The third-order valence-corrected chi connectivity index (χ3v) is 9.99. The number of nitrogens with one attached hydrogen (secondary N) is 1. The highest BCUT2D eigenvalue weighted by atomic mass is 32.2. The Labute approximate surface area is 253 Å². The fourth-order valence-electron chi connectivity index (χ4n) is 5.82. The van der Waals surface area contributed by atoms with Crippen LogP contribution in [0.2, 0.25) is 10.3 Å². The zero-order valence-electron chi connectivity index (χ0n) is 25.9. The monoisotopic (exact) mass is 584 g/mol. The summed E-state index contributed by atoms with van der Waals surface area (Å²) in [5, 5.41) is -0.211. The van der Waals surface area contributed by atoms with Gasteiger partial charge in [0.15, 0.2) is 0 Å². The van der Waals surface area contributed by atoms with Gasteiger partial charge in [0.2, 0.25) is 5.88 Å². The van der Waals surface area contributed by atoms with Crippen LogP contribution in [-0.4, -0.2) is 86.7 Å². The molecule has 216 valence electrons. The van der Waals surface area contributed by atoms with Gasteiger partial charge in [0, 0.05) is 36.1 Å². The molecule has 0 radical (unpaired) electrons. The van der Waals surface area contributed by atoms with Crippen molar-refractivity contribution < 1.29 is 17.9 Å². The van der Waals surface area contributed by atoms with Gasteiger partial charge in [0.05, 0.1) is 40.9 Å². The zero-order chi connectivity index (χ0) is 31.3. The van der Waals surface area contributed by atoms with Gasteiger partial charge < -0.3 is 15.4 Å². The van der Waals surface area contributed by atoms with Gasteiger partial charge in [-0.15, -0.1) is 5.11 Å². The first-order valence-electron chi connectivity index (χ1n) is 14.1. The number of pyridine rings is 3. The number of carbonyl (C=O) groups is 1. The van der Waals surface area contributed by atoms with Crippen molar-refractivity contribution in [3.05, 3.63) is 54.4 Å². The maximum absolute atomic E-state index is 13.7. The van der Waals surface area contributed by atoms with Crippen molar-refractivity contribution in [2.45, 2.75) is 54.6 Å². The van der Waals surface area contributed by atoms with E-state index in [9.17, 15) is 13.2 Å². The SMILES string of the molecule is BC(B)(B)C1CN(c2nc(-c3ccc(OC(C)C)nc3)ccc2C(=O)NS(=O)(=O)c2cccnc2N)C(C)(C)C1(B)B. The molecule has 1 amide bonds. The van der Waals surface area contributed by atoms with Crippen molar-refractivity contribution in [1.82, 2.24) is 19.7 Å². The van der Waals surface area contributed by atoms with Gasteiger partial charge in [-0.2, -0.15) is 0 Å². The maximum atomic E-state index is 13.7. The van der Waals surface area contributed by atoms with Crippen LogP contribution in [0, 0.1) is 5.92 Å². The van der Waals surface area contributed by atoms with Crippen LogP contribution in [0.15, 0.2) is 53.7 Å². The fourth-order valence-corrected chi connectivity index (χ4v) is 6.87. The zero-order valence-corrected chi connectivity index (χ0v) is 26.7. The first-order valence-corrected chi connectivity index (χ1v) is 15.5. The Balaban J connectivity index is 1.83. The van der Waals surface area contributed by atoms with Crippen molar-refractivity contribution in [2.75, 3.05) is 17.2 Å². The van der Waals surface area contributed by atoms with Gasteiger partial charge in [0.25, 0.3) is 15.9 Å². The number of nitrogen functional groups attached to an aromatic ring is 1. The quantitative estimate of drug-likeness (QED) is 0.306. The molecule has 4 rings (SSSR count). The van der Waals surface area contributed by atoms with Crippen LogP contribution in [0.5, 0.6) is 5.88 Å². The summed E-state index contributed by atoms with van der Waals surface area (Å²) >= 11 is 0. The molecule has 4 heterocycles. The maximum Gasteiger partial charge on any atom is 0.268 e. The topological polar surface area (TPSA) is 140 Å². The molecule has 10 nitrogen and oxygen atoms in total. The van der Waals surface area contributed by atoms with E-state index >= 15 is 0 Å². The molecule has 1 atom stereocenters. The van der Waals surface area contributed by atoms with Crippen molar-refractivity contribution in [3.8, 4) is 17.1 Å². The molecule has 1 saturated heterocycles. The average molecular weight is 584 g/mol. The number of anilines is 2. The smallest absolute Gasteiger partial charge is 0.268 e. The Bertz CT molecular complexity index is 1600. The van der Waals surface area contributed by atoms with E-state index in [4.69, 9.17) is 15.5 Å². The summed E-state index contributed by atoms with van der Waals surface area (Å²) in [6.07, 6.45) is 3.05. The van der Waals surface area contributed by atoms with E-state index in [1.165, 1.54) is 18.3 Å². The van der Waals surface area contributed by atoms with Crippen LogP contribution < -0.4 is 20.1 Å². The second-order valence-electron chi connectivity index (χ2n) is 13.3. The molecule has 1 aliphatic rings. The van der Waals surface area contributed by atoms with Crippen LogP contribution in [-0.2, 0) is 10.0 Å². The van der Waals surface area contributed by atoms with Gasteiger partial charge in [-0.25, -0.2) is 28.1 Å². The molecule has 42 heavy (non-hydrogen) atoms. The van der Waals surface area contributed by atoms with Crippen LogP contribution >= 0.6 is 0 Å². The molecule has 3 aromatic rings. The number of nitrogens with two attached hydrogens (primary N) is 1. The predicted octanol–water partition coefficient (Wildman–Crippen LogP) is -1.40. The minimum absolute atomic E-state index is 0.0133. The Morgan fingerprint density at radius 2 is 1.83 bits per heavy atom. The summed E-state index contributed by atoms with van der Waals surface area (Å²) in [5.74, 6) is 0.139. The average Bonchev–Trinajstić information content (AvgIpc) is 3.07. The standard InChI is InChI=1S/C26H37B5N6O4S/c1-14(2)41-20-10-7-15(12-34-20)17-9-8-16(23(38)36-42(39,40)18-6-5-11-33-21(18)32)22(35-17)37-13-19(26(29,30)31)25(27,28)24(37,3)4/h5-12,14,19H,13,27-31H2,1-4H3,(H2,32,33)(H,36,38). The van der Waals surface area contributed by atoms with Gasteiger partial charge in [-0.1, -0.05) is 5.21 Å². The third-order valence-electron chi connectivity index (χ3n) is 8.61. The van der Waals surface area contributed by atoms with E-state index < -0.39 is 21.5 Å². The van der Waals surface area contributed by atoms with Crippen molar-refractivity contribution in [2.24, 2.45) is 5.92 Å². The number of hydrogen-bond donors (Lipinski definition) is 2. The van der Waals surface area contributed by atoms with E-state index in [0.29, 0.717) is 23.9 Å². The molecule has 1 aliphatic heterocycles. The van der Waals surface area contributed by atoms with Crippen LogP contribution in [0.3, 0.4) is 0 Å². The summed E-state index contributed by atoms with van der Waals surface area (Å²) in [6, 6.07) is 9.70. The number of aromatic nitrogens is 3. The van der Waals surface area contributed by atoms with E-state index in [2.05, 4.69) is 72.7 Å². The molecule has 1 unspecified atom stereocenters. The molecule has 16 heteroatoms. The lowest BCUT2D eigenvalue weighted by Gasteiger charge is -2.46. The lowest BCUT2D eigenvalue weighted by Crippen LogP contribution is -2.49. The summed E-state index contributed by atoms with van der Waals surface area (Å²) in [5.41, 5.74) is 6.84. The highest BCUT2D eigenvalue weighted by molar-refractivity contribution is 7.90. The molecular formula is C26H37B5N6O4S. The third kappa shape index (κ3) is 5.91. The molecule has 3 N–H and O–H groups in total. The van der Waals surface area contributed by atoms with Crippen molar-refractivity contribution in [3.63, 3.8) is 0 Å². The Morgan fingerprint density at radius 1 is 1.14 bits per heavy atom. The van der Waals surface area contributed by atoms with Crippen LogP contribution in [0.4, 0.5) is 11.6 Å². The number of ether oxygens (including phenoxy) is 1. The number of rotatable bonds is 8. The summed E-state index contributed by atoms with van der Waals surface area (Å²) in [6.45, 7) is 8.77. The van der Waals surface area contributed by atoms with E-state index in [1.54, 1.807) is 24.4 Å². The van der Waals surface area contributed by atoms with Crippen LogP contribution in [0.1, 0.15) is 38.1 Å². The Kier molecular flexibility index (Phi) is 8.27. The minimum atomic E-state index is -4.30. The molecule has 0 aromatic carbocycles. The summed E-state index contributed by atoms with van der Waals surface area (Å²) in [7, 11) is 6.82. The highest BCUT2D eigenvalue weighted by Crippen LogP contribution is 2.57. The molecule has 0 saturated carbocycles. The molecule has 3 aromatic heterocycles. The summed E-state index contributed by atoms with van der Waals surface area (Å²) in [4.78, 5) is 28.8. The molecule has 0 bridgehead atoms. The molecule has 1 fully saturated rings. The minimum Gasteiger partial charge on any atom is -0.475 e. The van der Waals surface area contributed by atoms with Gasteiger partial charge in [-0.05, 0) is 63.9 Å². The van der Waals surface area contributed by atoms with E-state index in [1.807, 2.05) is 19.9 Å². The lowest BCUT2D eigenvalue weighted by atomic mass is 9.28. The predicted molar refractivity (Wildman–Crippen MR) is 180 cm³/mol. The van der Waals surface area contributed by atoms with Crippen LogP contribution in [0.25, 0.3) is 11.3 Å². The Hall–Kier alpha value is -3.41. The first kappa shape index (κ1) is 31.5. The van der Waals surface area contributed by atoms with Gasteiger partial charge in [-0.3, -0.25) is 4.79 Å². The lowest BCUT2D eigenvalue weighted by molar-refractivity contribution is 0.0981. The summed E-state index contributed by atoms with van der Waals surface area (Å²) < 4.78 is 34.2. The number of amides is 1. The number of carbonyl (C=O) groups excluding carboxylic acids is 1. The molecular weight excluding hydrogens is 546 g/mol. The van der Waals surface area contributed by atoms with Gasteiger partial charge in [0.1, 0.15) is 32.2 Å². The number of hydrogen-bond acceptors (Lipinski definition) is 9. The Morgan fingerprint density at radius 3 is 2.38 bits per heavy atom. The number of nitrogens with zero attached hydrogens (tertiary/aromatic N) is 4. The fraction of sp³-hybridized carbons (Fsp3) is 0.385. The first-order chi connectivity index (χ1) is 19.4. The van der Waals surface area contributed by atoms with Gasteiger partial charge >= 0.3 is 0 Å². The largest absolute Gasteiger partial charge is 0.475 e. The van der Waals surface area contributed by atoms with Crippen molar-refractivity contribution in [1.29, 1.82) is 0 Å². The molecule has 0 spiro atoms. The highest BCUT2D eigenvalue weighted by Gasteiger charge is 2.56. The normalized spacial score (nSPS) is 18.1. The molecule has 0 aliphatic carbocycles. The second-order valence-corrected chi connectivity index (χ2v) is 14.9. The number of sulfonamides is 1. The second kappa shape index (κ2) is 11.0. The van der Waals surface area contributed by atoms with E-state index in [0.717, 1.165) is 5.56 Å². The van der Waals surface area contributed by atoms with E-state index in [-0.39, 0.29) is 38.6 Å². The van der Waals surface area contributed by atoms with Crippen molar-refractivity contribution >= 4 is 66.8 Å².